The SMILES string of the molecule is CCCCN(Cc1ccc(C(=O)OC)c(-c2ccccc2C)c1)c1nnnn1-c1ccccc1. The normalized spacial score (nSPS) is 10.8. The molecule has 0 aliphatic rings. The molecule has 4 aromatic rings. The van der Waals surface area contributed by atoms with Crippen LogP contribution in [0.15, 0.2) is 72.8 Å². The highest BCUT2D eigenvalue weighted by Gasteiger charge is 2.19. The van der Waals surface area contributed by atoms with Gasteiger partial charge in [0.1, 0.15) is 0 Å². The third-order valence-electron chi connectivity index (χ3n) is 5.82. The molecule has 7 heteroatoms. The lowest BCUT2D eigenvalue weighted by molar-refractivity contribution is 0.0601. The standard InChI is InChI=1S/C27H29N5O2/c1-4-5-17-31(27-28-29-30-32(27)22-12-7-6-8-13-22)19-21-15-16-24(26(33)34-3)25(18-21)23-14-10-9-11-20(23)2/h6-16,18H,4-5,17,19H2,1-3H3. The van der Waals surface area contributed by atoms with Gasteiger partial charge in [0.15, 0.2) is 0 Å². The lowest BCUT2D eigenvalue weighted by atomic mass is 9.94. The van der Waals surface area contributed by atoms with Crippen molar-refractivity contribution >= 4 is 11.9 Å². The van der Waals surface area contributed by atoms with Gasteiger partial charge in [0.25, 0.3) is 5.95 Å². The molecule has 0 bridgehead atoms. The number of methoxy groups -OCH3 is 1. The topological polar surface area (TPSA) is 73.1 Å². The van der Waals surface area contributed by atoms with Gasteiger partial charge in [-0.05, 0) is 70.3 Å². The van der Waals surface area contributed by atoms with Crippen molar-refractivity contribution < 1.29 is 9.53 Å². The predicted octanol–water partition coefficient (Wildman–Crippen LogP) is 5.23. The summed E-state index contributed by atoms with van der Waals surface area (Å²) in [6.07, 6.45) is 2.06. The number of rotatable bonds is 9. The van der Waals surface area contributed by atoms with Crippen molar-refractivity contribution in [3.8, 4) is 16.8 Å². The highest BCUT2D eigenvalue weighted by molar-refractivity contribution is 5.97. The minimum Gasteiger partial charge on any atom is -0.465 e. The van der Waals surface area contributed by atoms with Crippen LogP contribution < -0.4 is 4.90 Å². The van der Waals surface area contributed by atoms with Crippen LogP contribution in [0.4, 0.5) is 5.95 Å². The van der Waals surface area contributed by atoms with Crippen LogP contribution in [0, 0.1) is 6.92 Å². The molecule has 0 spiro atoms. The van der Waals surface area contributed by atoms with E-state index in [0.717, 1.165) is 47.3 Å². The Bertz CT molecular complexity index is 1250. The molecule has 0 atom stereocenters. The second kappa shape index (κ2) is 10.7. The number of carbonyl (C=O) groups excluding carboxylic acids is 1. The Hall–Kier alpha value is -4.00. The highest BCUT2D eigenvalue weighted by Crippen LogP contribution is 2.29. The number of ether oxygens (including phenoxy) is 1. The summed E-state index contributed by atoms with van der Waals surface area (Å²) in [6, 6.07) is 23.8. The second-order valence-electron chi connectivity index (χ2n) is 8.19. The Morgan fingerprint density at radius 1 is 1.00 bits per heavy atom. The number of para-hydroxylation sites is 1. The maximum atomic E-state index is 12.5. The fraction of sp³-hybridized carbons (Fsp3) is 0.259. The van der Waals surface area contributed by atoms with E-state index in [2.05, 4.69) is 33.4 Å². The Kier molecular flexibility index (Phi) is 7.32. The molecule has 0 amide bonds. The molecule has 0 aliphatic carbocycles. The predicted molar refractivity (Wildman–Crippen MR) is 133 cm³/mol. The molecule has 0 unspecified atom stereocenters. The number of aromatic nitrogens is 4. The van der Waals surface area contributed by atoms with Crippen molar-refractivity contribution in [2.45, 2.75) is 33.2 Å². The molecule has 0 aliphatic heterocycles. The lowest BCUT2D eigenvalue weighted by Gasteiger charge is -2.24. The van der Waals surface area contributed by atoms with Crippen molar-refractivity contribution in [1.82, 2.24) is 20.2 Å². The number of esters is 1. The second-order valence-corrected chi connectivity index (χ2v) is 8.19. The first-order valence-electron chi connectivity index (χ1n) is 11.5. The molecular formula is C27H29N5O2. The largest absolute Gasteiger partial charge is 0.465 e. The Labute approximate surface area is 200 Å². The number of nitrogens with zero attached hydrogens (tertiary/aromatic N) is 5. The van der Waals surface area contributed by atoms with E-state index < -0.39 is 0 Å². The highest BCUT2D eigenvalue weighted by atomic mass is 16.5. The van der Waals surface area contributed by atoms with Crippen molar-refractivity contribution in [2.24, 2.45) is 0 Å². The summed E-state index contributed by atoms with van der Waals surface area (Å²) in [5.74, 6) is 0.342. The molecule has 34 heavy (non-hydrogen) atoms. The van der Waals surface area contributed by atoms with Crippen molar-refractivity contribution in [3.05, 3.63) is 89.5 Å². The summed E-state index contributed by atoms with van der Waals surface area (Å²) in [4.78, 5) is 14.7. The van der Waals surface area contributed by atoms with Gasteiger partial charge >= 0.3 is 5.97 Å². The number of anilines is 1. The molecule has 0 fully saturated rings. The van der Waals surface area contributed by atoms with Crippen molar-refractivity contribution in [1.29, 1.82) is 0 Å². The van der Waals surface area contributed by atoms with E-state index in [1.165, 1.54) is 7.11 Å². The number of aryl methyl sites for hydroxylation is 1. The molecule has 0 radical (unpaired) electrons. The molecule has 7 nitrogen and oxygen atoms in total. The van der Waals surface area contributed by atoms with E-state index in [0.29, 0.717) is 18.1 Å². The van der Waals surface area contributed by atoms with Gasteiger partial charge in [-0.25, -0.2) is 4.79 Å². The molecule has 1 aromatic heterocycles. The van der Waals surface area contributed by atoms with Crippen LogP contribution in [-0.2, 0) is 11.3 Å². The summed E-state index contributed by atoms with van der Waals surface area (Å²) < 4.78 is 6.82. The fourth-order valence-corrected chi connectivity index (χ4v) is 4.01. The van der Waals surface area contributed by atoms with E-state index in [1.807, 2.05) is 73.7 Å². The van der Waals surface area contributed by atoms with Crippen LogP contribution in [0.2, 0.25) is 0 Å². The number of hydrogen-bond acceptors (Lipinski definition) is 6. The first kappa shape index (κ1) is 23.2. The Morgan fingerprint density at radius 2 is 1.76 bits per heavy atom. The average molecular weight is 456 g/mol. The van der Waals surface area contributed by atoms with Gasteiger partial charge in [0.2, 0.25) is 0 Å². The van der Waals surface area contributed by atoms with Crippen LogP contribution in [0.25, 0.3) is 16.8 Å². The maximum absolute atomic E-state index is 12.5. The van der Waals surface area contributed by atoms with Crippen LogP contribution in [0.5, 0.6) is 0 Å². The van der Waals surface area contributed by atoms with Crippen molar-refractivity contribution in [2.75, 3.05) is 18.6 Å². The van der Waals surface area contributed by atoms with Gasteiger partial charge in [-0.1, -0.05) is 67.0 Å². The summed E-state index contributed by atoms with van der Waals surface area (Å²) in [5.41, 5.74) is 5.49. The van der Waals surface area contributed by atoms with Crippen LogP contribution in [0.3, 0.4) is 0 Å². The third kappa shape index (κ3) is 4.98. The summed E-state index contributed by atoms with van der Waals surface area (Å²) in [7, 11) is 1.41. The van der Waals surface area contributed by atoms with Crippen molar-refractivity contribution in [3.63, 3.8) is 0 Å². The number of benzene rings is 3. The van der Waals surface area contributed by atoms with E-state index >= 15 is 0 Å². The van der Waals surface area contributed by atoms with Gasteiger partial charge in [0.05, 0.1) is 18.4 Å². The zero-order valence-corrected chi connectivity index (χ0v) is 19.8. The first-order valence-corrected chi connectivity index (χ1v) is 11.5. The summed E-state index contributed by atoms with van der Waals surface area (Å²) in [5, 5.41) is 12.5. The number of tetrazole rings is 1. The smallest absolute Gasteiger partial charge is 0.338 e. The maximum Gasteiger partial charge on any atom is 0.338 e. The van der Waals surface area contributed by atoms with Gasteiger partial charge < -0.3 is 9.64 Å². The van der Waals surface area contributed by atoms with Crippen LogP contribution in [-0.4, -0.2) is 39.8 Å². The first-order chi connectivity index (χ1) is 16.6. The minimum absolute atomic E-state index is 0.347. The molecule has 1 heterocycles. The fourth-order valence-electron chi connectivity index (χ4n) is 4.01. The van der Waals surface area contributed by atoms with E-state index in [1.54, 1.807) is 4.68 Å². The number of hydrogen-bond donors (Lipinski definition) is 0. The number of unbranched alkanes of at least 4 members (excludes halogenated alkanes) is 1. The van der Waals surface area contributed by atoms with Gasteiger partial charge in [-0.15, -0.1) is 0 Å². The Balaban J connectivity index is 1.74. The molecule has 0 N–H and O–H groups in total. The zero-order valence-electron chi connectivity index (χ0n) is 19.8. The van der Waals surface area contributed by atoms with Gasteiger partial charge in [0, 0.05) is 13.1 Å². The Morgan fingerprint density at radius 3 is 2.50 bits per heavy atom. The third-order valence-corrected chi connectivity index (χ3v) is 5.82. The van der Waals surface area contributed by atoms with Gasteiger partial charge in [-0.3, -0.25) is 0 Å². The number of carbonyl (C=O) groups is 1. The summed E-state index contributed by atoms with van der Waals surface area (Å²) in [6.45, 7) is 5.63. The molecule has 3 aromatic carbocycles. The zero-order chi connectivity index (χ0) is 23.9. The molecular weight excluding hydrogens is 426 g/mol. The van der Waals surface area contributed by atoms with E-state index in [-0.39, 0.29) is 5.97 Å². The minimum atomic E-state index is -0.347. The van der Waals surface area contributed by atoms with Gasteiger partial charge in [-0.2, -0.15) is 4.68 Å². The van der Waals surface area contributed by atoms with Crippen LogP contribution in [0.1, 0.15) is 41.3 Å². The molecule has 0 saturated carbocycles. The monoisotopic (exact) mass is 455 g/mol. The molecule has 174 valence electrons. The molecule has 4 rings (SSSR count). The van der Waals surface area contributed by atoms with Crippen LogP contribution >= 0.6 is 0 Å². The average Bonchev–Trinajstić information content (AvgIpc) is 3.37. The van der Waals surface area contributed by atoms with E-state index in [9.17, 15) is 4.79 Å². The lowest BCUT2D eigenvalue weighted by Crippen LogP contribution is -2.27. The quantitative estimate of drug-likeness (QED) is 0.322. The molecule has 0 saturated heterocycles. The summed E-state index contributed by atoms with van der Waals surface area (Å²) >= 11 is 0. The van der Waals surface area contributed by atoms with E-state index in [4.69, 9.17) is 4.74 Å².